The number of halogens is 2. The van der Waals surface area contributed by atoms with Crippen molar-refractivity contribution in [2.75, 3.05) is 7.05 Å². The normalized spacial score (nSPS) is 19.5. The monoisotopic (exact) mass is 289 g/mol. The lowest BCUT2D eigenvalue weighted by atomic mass is 9.91. The Balaban J connectivity index is 2.47. The van der Waals surface area contributed by atoms with E-state index in [9.17, 15) is 8.78 Å². The van der Waals surface area contributed by atoms with Crippen molar-refractivity contribution in [3.05, 3.63) is 64.4 Å². The van der Waals surface area contributed by atoms with Gasteiger partial charge in [0.15, 0.2) is 0 Å². The Labute approximate surface area is 125 Å². The van der Waals surface area contributed by atoms with Crippen LogP contribution in [-0.2, 0) is 0 Å². The van der Waals surface area contributed by atoms with Crippen LogP contribution < -0.4 is 0 Å². The molecule has 1 aromatic rings. The van der Waals surface area contributed by atoms with Gasteiger partial charge in [-0.1, -0.05) is 17.7 Å². The fraction of sp³-hybridized carbons (Fsp3) is 0.333. The average Bonchev–Trinajstić information content (AvgIpc) is 2.43. The van der Waals surface area contributed by atoms with Crippen molar-refractivity contribution in [1.82, 2.24) is 4.90 Å². The highest BCUT2D eigenvalue weighted by Gasteiger charge is 2.22. The van der Waals surface area contributed by atoms with Gasteiger partial charge in [0.05, 0.1) is 6.04 Å². The maximum atomic E-state index is 14.3. The van der Waals surface area contributed by atoms with Crippen LogP contribution in [0.3, 0.4) is 0 Å². The topological polar surface area (TPSA) is 3.24 Å². The van der Waals surface area contributed by atoms with Gasteiger partial charge >= 0.3 is 0 Å². The highest BCUT2D eigenvalue weighted by molar-refractivity contribution is 5.76. The summed E-state index contributed by atoms with van der Waals surface area (Å²) in [6.45, 7) is 7.60. The van der Waals surface area contributed by atoms with Crippen LogP contribution in [0.15, 0.2) is 41.6 Å². The average molecular weight is 289 g/mol. The van der Waals surface area contributed by atoms with Crippen LogP contribution in [0.4, 0.5) is 8.78 Å². The first-order chi connectivity index (χ1) is 9.86. The molecule has 1 unspecified atom stereocenters. The number of hydrogen-bond donors (Lipinski definition) is 0. The van der Waals surface area contributed by atoms with Crippen molar-refractivity contribution in [1.29, 1.82) is 0 Å². The lowest BCUT2D eigenvalue weighted by Crippen LogP contribution is -2.31. The molecule has 0 N–H and O–H groups in total. The molecule has 1 heterocycles. The summed E-state index contributed by atoms with van der Waals surface area (Å²) in [6, 6.07) is 3.02. The summed E-state index contributed by atoms with van der Waals surface area (Å²) in [6.07, 6.45) is 5.98. The third-order valence-electron chi connectivity index (χ3n) is 4.08. The summed E-state index contributed by atoms with van der Waals surface area (Å²) >= 11 is 0. The Bertz CT molecular complexity index is 653. The van der Waals surface area contributed by atoms with Crippen LogP contribution in [0.2, 0.25) is 0 Å². The number of likely N-dealkylation sites (N-methyl/N-ethyl adjacent to an activating group) is 1. The predicted octanol–water partition coefficient (Wildman–Crippen LogP) is 4.84. The molecule has 112 valence electrons. The minimum absolute atomic E-state index is 0.0638. The fourth-order valence-corrected chi connectivity index (χ4v) is 2.85. The summed E-state index contributed by atoms with van der Waals surface area (Å²) in [7, 11) is 1.97. The van der Waals surface area contributed by atoms with Crippen molar-refractivity contribution < 1.29 is 8.78 Å². The summed E-state index contributed by atoms with van der Waals surface area (Å²) < 4.78 is 27.7. The quantitative estimate of drug-likeness (QED) is 0.704. The molecule has 0 saturated carbocycles. The molecule has 0 saturated heterocycles. The predicted molar refractivity (Wildman–Crippen MR) is 83.8 cm³/mol. The summed E-state index contributed by atoms with van der Waals surface area (Å²) in [5, 5.41) is 0. The van der Waals surface area contributed by atoms with Gasteiger partial charge in [0.25, 0.3) is 0 Å². The molecule has 0 radical (unpaired) electrons. The molecule has 3 heteroatoms. The molecule has 1 nitrogen and oxygen atoms in total. The fourth-order valence-electron chi connectivity index (χ4n) is 2.85. The number of allylic oxidation sites excluding steroid dienone is 3. The number of rotatable bonds is 2. The van der Waals surface area contributed by atoms with Gasteiger partial charge in [-0.15, -0.1) is 0 Å². The third-order valence-corrected chi connectivity index (χ3v) is 4.08. The van der Waals surface area contributed by atoms with Gasteiger partial charge in [-0.25, -0.2) is 8.78 Å². The lowest BCUT2D eigenvalue weighted by molar-refractivity contribution is 0.404. The second-order valence-corrected chi connectivity index (χ2v) is 5.61. The van der Waals surface area contributed by atoms with E-state index in [0.29, 0.717) is 5.56 Å². The molecule has 0 spiro atoms. The van der Waals surface area contributed by atoms with Gasteiger partial charge in [-0.3, -0.25) is 0 Å². The minimum Gasteiger partial charge on any atom is -0.369 e. The summed E-state index contributed by atoms with van der Waals surface area (Å²) in [5.41, 5.74) is 3.67. The Morgan fingerprint density at radius 2 is 1.90 bits per heavy atom. The zero-order valence-corrected chi connectivity index (χ0v) is 13.2. The maximum Gasteiger partial charge on any atom is 0.136 e. The van der Waals surface area contributed by atoms with Crippen LogP contribution in [0.25, 0.3) is 5.57 Å². The maximum absolute atomic E-state index is 14.3. The van der Waals surface area contributed by atoms with E-state index in [1.165, 1.54) is 24.6 Å². The number of hydrogen-bond acceptors (Lipinski definition) is 1. The molecule has 0 aromatic heterocycles. The molecule has 1 aromatic carbocycles. The second kappa shape index (κ2) is 5.84. The standard InChI is InChI=1S/C18H21F2N/c1-6-11(2)18-12(3)9-14(10-21(18)5)15-7-8-16(19)13(4)17(15)20/h6-10,18H,1-5H3/b11-6-. The van der Waals surface area contributed by atoms with Crippen molar-refractivity contribution in [3.8, 4) is 0 Å². The van der Waals surface area contributed by atoms with Crippen molar-refractivity contribution >= 4 is 5.57 Å². The molecule has 1 atom stereocenters. The second-order valence-electron chi connectivity index (χ2n) is 5.61. The largest absolute Gasteiger partial charge is 0.369 e. The van der Waals surface area contributed by atoms with E-state index in [1.807, 2.05) is 33.2 Å². The number of nitrogens with zero attached hydrogens (tertiary/aromatic N) is 1. The first-order valence-corrected chi connectivity index (χ1v) is 7.06. The minimum atomic E-state index is -0.510. The van der Waals surface area contributed by atoms with Crippen molar-refractivity contribution in [2.24, 2.45) is 0 Å². The number of benzene rings is 1. The third kappa shape index (κ3) is 2.78. The van der Waals surface area contributed by atoms with Gasteiger partial charge in [-0.2, -0.15) is 0 Å². The highest BCUT2D eigenvalue weighted by Crippen LogP contribution is 2.31. The van der Waals surface area contributed by atoms with E-state index in [4.69, 9.17) is 0 Å². The van der Waals surface area contributed by atoms with Crippen LogP contribution in [-0.4, -0.2) is 18.0 Å². The van der Waals surface area contributed by atoms with Gasteiger partial charge in [0, 0.05) is 29.9 Å². The zero-order valence-electron chi connectivity index (χ0n) is 13.2. The molecule has 2 rings (SSSR count). The van der Waals surface area contributed by atoms with Gasteiger partial charge in [0.1, 0.15) is 11.6 Å². The van der Waals surface area contributed by atoms with Gasteiger partial charge < -0.3 is 4.90 Å². The Hall–Kier alpha value is -1.90. The van der Waals surface area contributed by atoms with E-state index in [1.54, 1.807) is 0 Å². The SMILES string of the molecule is C/C=C(/C)C1C(C)=CC(c2ccc(F)c(C)c2F)=CN1C. The van der Waals surface area contributed by atoms with E-state index < -0.39 is 11.6 Å². The molecular formula is C18H21F2N. The molecule has 0 bridgehead atoms. The summed E-state index contributed by atoms with van der Waals surface area (Å²) in [5.74, 6) is -0.996. The van der Waals surface area contributed by atoms with Crippen LogP contribution >= 0.6 is 0 Å². The zero-order chi connectivity index (χ0) is 15.7. The van der Waals surface area contributed by atoms with E-state index in [-0.39, 0.29) is 11.6 Å². The van der Waals surface area contributed by atoms with Crippen molar-refractivity contribution in [2.45, 2.75) is 33.7 Å². The van der Waals surface area contributed by atoms with Crippen LogP contribution in [0.5, 0.6) is 0 Å². The van der Waals surface area contributed by atoms with Crippen LogP contribution in [0, 0.1) is 18.6 Å². The molecular weight excluding hydrogens is 268 g/mol. The smallest absolute Gasteiger partial charge is 0.136 e. The first-order valence-electron chi connectivity index (χ1n) is 7.06. The Morgan fingerprint density at radius 3 is 2.48 bits per heavy atom. The van der Waals surface area contributed by atoms with Gasteiger partial charge in [0.2, 0.25) is 0 Å². The summed E-state index contributed by atoms with van der Waals surface area (Å²) in [4.78, 5) is 2.07. The van der Waals surface area contributed by atoms with Crippen LogP contribution in [0.1, 0.15) is 31.9 Å². The van der Waals surface area contributed by atoms with E-state index in [0.717, 1.165) is 11.1 Å². The molecule has 0 fully saturated rings. The van der Waals surface area contributed by atoms with E-state index in [2.05, 4.69) is 17.9 Å². The molecule has 0 aliphatic carbocycles. The molecule has 21 heavy (non-hydrogen) atoms. The Kier molecular flexibility index (Phi) is 4.31. The highest BCUT2D eigenvalue weighted by atomic mass is 19.1. The van der Waals surface area contributed by atoms with Gasteiger partial charge in [-0.05, 0) is 45.4 Å². The first kappa shape index (κ1) is 15.5. The molecule has 0 amide bonds. The molecule has 1 aliphatic rings. The molecule has 1 aliphatic heterocycles. The van der Waals surface area contributed by atoms with Crippen molar-refractivity contribution in [3.63, 3.8) is 0 Å². The van der Waals surface area contributed by atoms with E-state index >= 15 is 0 Å². The lowest BCUT2D eigenvalue weighted by Gasteiger charge is -2.33. The Morgan fingerprint density at radius 1 is 1.24 bits per heavy atom.